The van der Waals surface area contributed by atoms with Crippen LogP contribution in [-0.2, 0) is 4.79 Å². The van der Waals surface area contributed by atoms with E-state index >= 15 is 0 Å². The van der Waals surface area contributed by atoms with Crippen LogP contribution >= 0.6 is 31.9 Å². The second-order valence-electron chi connectivity index (χ2n) is 2.74. The predicted molar refractivity (Wildman–Crippen MR) is 53.0 cm³/mol. The van der Waals surface area contributed by atoms with Gasteiger partial charge in [-0.3, -0.25) is 4.79 Å². The topological polar surface area (TPSA) is 17.1 Å². The quantitative estimate of drug-likeness (QED) is 0.675. The molecule has 1 nitrogen and oxygen atoms in total. The van der Waals surface area contributed by atoms with Crippen LogP contribution in [0.4, 0.5) is 0 Å². The lowest BCUT2D eigenvalue weighted by atomic mass is 9.88. The molecule has 0 bridgehead atoms. The number of rotatable bonds is 1. The smallest absolute Gasteiger partial charge is 0.178 e. The molecule has 0 aromatic carbocycles. The van der Waals surface area contributed by atoms with Crippen molar-refractivity contribution < 1.29 is 4.79 Å². The van der Waals surface area contributed by atoms with Crippen LogP contribution in [0.5, 0.6) is 0 Å². The molecule has 0 saturated carbocycles. The molecule has 1 aliphatic carbocycles. The SMILES string of the molecule is CC1(C(Br)Br)C=CC(=O)C=C1. The monoisotopic (exact) mass is 278 g/mol. The first-order valence-corrected chi connectivity index (χ1v) is 5.08. The Kier molecular flexibility index (Phi) is 2.70. The second kappa shape index (κ2) is 3.23. The molecule has 0 N–H and O–H groups in total. The zero-order valence-electron chi connectivity index (χ0n) is 6.05. The summed E-state index contributed by atoms with van der Waals surface area (Å²) in [7, 11) is 0. The van der Waals surface area contributed by atoms with E-state index in [2.05, 4.69) is 31.9 Å². The molecule has 0 spiro atoms. The highest BCUT2D eigenvalue weighted by atomic mass is 79.9. The van der Waals surface area contributed by atoms with Gasteiger partial charge in [-0.05, 0) is 12.2 Å². The van der Waals surface area contributed by atoms with E-state index in [1.54, 1.807) is 12.2 Å². The van der Waals surface area contributed by atoms with Crippen molar-refractivity contribution in [1.82, 2.24) is 0 Å². The van der Waals surface area contributed by atoms with Crippen molar-refractivity contribution in [1.29, 1.82) is 0 Å². The number of allylic oxidation sites excluding steroid dienone is 4. The van der Waals surface area contributed by atoms with Crippen LogP contribution in [-0.4, -0.2) is 9.52 Å². The second-order valence-corrected chi connectivity index (χ2v) is 5.80. The molecule has 0 amide bonds. The fourth-order valence-electron chi connectivity index (χ4n) is 0.780. The number of carbonyl (C=O) groups excluding carboxylic acids is 1. The summed E-state index contributed by atoms with van der Waals surface area (Å²) in [5.74, 6) is 0.0584. The molecule has 1 aliphatic rings. The van der Waals surface area contributed by atoms with Crippen molar-refractivity contribution in [2.24, 2.45) is 5.41 Å². The summed E-state index contributed by atoms with van der Waals surface area (Å²) in [6.07, 6.45) is 6.97. The molecule has 1 rings (SSSR count). The van der Waals surface area contributed by atoms with Gasteiger partial charge >= 0.3 is 0 Å². The van der Waals surface area contributed by atoms with Crippen LogP contribution in [0, 0.1) is 5.41 Å². The molecule has 0 aromatic rings. The number of halogens is 2. The average molecular weight is 280 g/mol. The van der Waals surface area contributed by atoms with Crippen molar-refractivity contribution in [3.63, 3.8) is 0 Å². The first-order valence-electron chi connectivity index (χ1n) is 3.25. The maximum absolute atomic E-state index is 10.8. The van der Waals surface area contributed by atoms with Gasteiger partial charge in [0.15, 0.2) is 5.78 Å². The molecule has 0 fully saturated rings. The van der Waals surface area contributed by atoms with E-state index in [1.165, 1.54) is 0 Å². The van der Waals surface area contributed by atoms with Gasteiger partial charge in [0.05, 0.1) is 3.74 Å². The first-order chi connectivity index (χ1) is 5.04. The van der Waals surface area contributed by atoms with Crippen LogP contribution < -0.4 is 0 Å². The zero-order valence-corrected chi connectivity index (χ0v) is 9.22. The standard InChI is InChI=1S/C8H8Br2O/c1-8(7(9)10)4-2-6(11)3-5-8/h2-5,7H,1H3. The molecule has 0 saturated heterocycles. The molecule has 0 heterocycles. The number of hydrogen-bond acceptors (Lipinski definition) is 1. The zero-order chi connectivity index (χ0) is 8.48. The van der Waals surface area contributed by atoms with E-state index < -0.39 is 0 Å². The van der Waals surface area contributed by atoms with Crippen LogP contribution in [0.25, 0.3) is 0 Å². The lowest BCUT2D eigenvalue weighted by molar-refractivity contribution is -0.110. The van der Waals surface area contributed by atoms with Gasteiger partial charge in [0.1, 0.15) is 0 Å². The summed E-state index contributed by atoms with van der Waals surface area (Å²) in [5.41, 5.74) is -0.0894. The summed E-state index contributed by atoms with van der Waals surface area (Å²) in [6.45, 7) is 2.04. The molecule has 0 unspecified atom stereocenters. The third kappa shape index (κ3) is 2.03. The van der Waals surface area contributed by atoms with Crippen LogP contribution in [0.2, 0.25) is 0 Å². The normalized spacial score (nSPS) is 21.3. The van der Waals surface area contributed by atoms with Gasteiger partial charge in [0, 0.05) is 5.41 Å². The summed E-state index contributed by atoms with van der Waals surface area (Å²) < 4.78 is 0.170. The van der Waals surface area contributed by atoms with E-state index in [1.807, 2.05) is 19.1 Å². The van der Waals surface area contributed by atoms with Gasteiger partial charge in [-0.1, -0.05) is 50.9 Å². The van der Waals surface area contributed by atoms with E-state index in [0.29, 0.717) is 0 Å². The van der Waals surface area contributed by atoms with Crippen molar-refractivity contribution >= 4 is 37.6 Å². The summed E-state index contributed by atoms with van der Waals surface area (Å²) in [5, 5.41) is 0. The lowest BCUT2D eigenvalue weighted by Crippen LogP contribution is -2.20. The van der Waals surface area contributed by atoms with Crippen LogP contribution in [0.15, 0.2) is 24.3 Å². The van der Waals surface area contributed by atoms with E-state index in [-0.39, 0.29) is 14.9 Å². The first kappa shape index (κ1) is 9.20. The number of carbonyl (C=O) groups is 1. The third-order valence-corrected chi connectivity index (χ3v) is 3.66. The van der Waals surface area contributed by atoms with Crippen LogP contribution in [0.1, 0.15) is 6.92 Å². The highest BCUT2D eigenvalue weighted by molar-refractivity contribution is 9.24. The van der Waals surface area contributed by atoms with Crippen molar-refractivity contribution in [2.75, 3.05) is 0 Å². The van der Waals surface area contributed by atoms with Crippen molar-refractivity contribution in [2.45, 2.75) is 10.7 Å². The maximum Gasteiger partial charge on any atom is 0.178 e. The van der Waals surface area contributed by atoms with Gasteiger partial charge in [0.2, 0.25) is 0 Å². The Balaban J connectivity index is 2.85. The Morgan fingerprint density at radius 1 is 1.36 bits per heavy atom. The van der Waals surface area contributed by atoms with E-state index in [9.17, 15) is 4.79 Å². The molecule has 11 heavy (non-hydrogen) atoms. The molecule has 0 aliphatic heterocycles. The Bertz CT molecular complexity index is 212. The Labute approximate surface area is 82.8 Å². The maximum atomic E-state index is 10.8. The molecule has 0 radical (unpaired) electrons. The van der Waals surface area contributed by atoms with E-state index in [0.717, 1.165) is 0 Å². The molecular weight excluding hydrogens is 272 g/mol. The number of ketones is 1. The lowest BCUT2D eigenvalue weighted by Gasteiger charge is -2.25. The molecule has 3 heteroatoms. The predicted octanol–water partition coefficient (Wildman–Crippen LogP) is 2.80. The van der Waals surface area contributed by atoms with Crippen molar-refractivity contribution in [3.05, 3.63) is 24.3 Å². The Morgan fingerprint density at radius 3 is 2.18 bits per heavy atom. The van der Waals surface area contributed by atoms with Gasteiger partial charge < -0.3 is 0 Å². The minimum absolute atomic E-state index is 0.0584. The van der Waals surface area contributed by atoms with Gasteiger partial charge in [-0.15, -0.1) is 0 Å². The Hall–Kier alpha value is 0.110. The Morgan fingerprint density at radius 2 is 1.82 bits per heavy atom. The fraction of sp³-hybridized carbons (Fsp3) is 0.375. The average Bonchev–Trinajstić information content (AvgIpc) is 1.95. The molecular formula is C8H8Br2O. The number of alkyl halides is 2. The molecule has 0 aromatic heterocycles. The number of hydrogen-bond donors (Lipinski definition) is 0. The molecule has 60 valence electrons. The summed E-state index contributed by atoms with van der Waals surface area (Å²) in [6, 6.07) is 0. The summed E-state index contributed by atoms with van der Waals surface area (Å²) >= 11 is 6.83. The third-order valence-electron chi connectivity index (χ3n) is 1.68. The van der Waals surface area contributed by atoms with Gasteiger partial charge in [0.25, 0.3) is 0 Å². The molecule has 0 atom stereocenters. The largest absolute Gasteiger partial charge is 0.290 e. The minimum atomic E-state index is -0.0894. The van der Waals surface area contributed by atoms with Gasteiger partial charge in [-0.25, -0.2) is 0 Å². The highest BCUT2D eigenvalue weighted by Crippen LogP contribution is 2.36. The van der Waals surface area contributed by atoms with Crippen molar-refractivity contribution in [3.8, 4) is 0 Å². The highest BCUT2D eigenvalue weighted by Gasteiger charge is 2.26. The minimum Gasteiger partial charge on any atom is -0.290 e. The van der Waals surface area contributed by atoms with Gasteiger partial charge in [-0.2, -0.15) is 0 Å². The van der Waals surface area contributed by atoms with Crippen LogP contribution in [0.3, 0.4) is 0 Å². The fourth-order valence-corrected chi connectivity index (χ4v) is 1.39. The summed E-state index contributed by atoms with van der Waals surface area (Å²) in [4.78, 5) is 10.8. The van der Waals surface area contributed by atoms with E-state index in [4.69, 9.17) is 0 Å².